The van der Waals surface area contributed by atoms with Gasteiger partial charge in [0.25, 0.3) is 10.0 Å². The van der Waals surface area contributed by atoms with Crippen molar-refractivity contribution in [1.82, 2.24) is 0 Å². The van der Waals surface area contributed by atoms with Crippen molar-refractivity contribution in [2.75, 3.05) is 4.72 Å². The highest BCUT2D eigenvalue weighted by molar-refractivity contribution is 9.10. The number of thiocarbonyl (C=S) groups is 1. The molecule has 2 rings (SSSR count). The molecule has 8 heteroatoms. The van der Waals surface area contributed by atoms with Gasteiger partial charge in [0.15, 0.2) is 0 Å². The molecule has 0 radical (unpaired) electrons. The number of sulfonamides is 1. The number of anilines is 1. The Labute approximate surface area is 135 Å². The van der Waals surface area contributed by atoms with E-state index in [1.807, 2.05) is 0 Å². The van der Waals surface area contributed by atoms with Crippen LogP contribution >= 0.6 is 28.1 Å². The molecule has 2 aromatic rings. The summed E-state index contributed by atoms with van der Waals surface area (Å²) in [5.74, 6) is -0.664. The molecule has 0 aliphatic heterocycles. The Hall–Kier alpha value is -1.51. The molecule has 0 saturated carbocycles. The van der Waals surface area contributed by atoms with Gasteiger partial charge in [0.1, 0.15) is 10.8 Å². The third-order valence-electron chi connectivity index (χ3n) is 2.63. The van der Waals surface area contributed by atoms with Crippen molar-refractivity contribution in [3.05, 3.63) is 58.3 Å². The normalized spacial score (nSPS) is 11.1. The molecule has 0 atom stereocenters. The Morgan fingerprint density at radius 1 is 1.24 bits per heavy atom. The van der Waals surface area contributed by atoms with Crippen molar-refractivity contribution in [3.63, 3.8) is 0 Å². The fourth-order valence-corrected chi connectivity index (χ4v) is 3.39. The zero-order valence-corrected chi connectivity index (χ0v) is 13.7. The van der Waals surface area contributed by atoms with Crippen molar-refractivity contribution >= 4 is 48.8 Å². The Morgan fingerprint density at radius 2 is 1.90 bits per heavy atom. The highest BCUT2D eigenvalue weighted by atomic mass is 79.9. The number of nitrogens with one attached hydrogen (secondary N) is 1. The maximum Gasteiger partial charge on any atom is 0.261 e. The van der Waals surface area contributed by atoms with E-state index in [4.69, 9.17) is 18.0 Å². The minimum absolute atomic E-state index is 0.111. The predicted molar refractivity (Wildman–Crippen MR) is 87.2 cm³/mol. The summed E-state index contributed by atoms with van der Waals surface area (Å²) in [6, 6.07) is 10.0. The second-order valence-electron chi connectivity index (χ2n) is 4.09. The molecule has 0 bridgehead atoms. The second-order valence-corrected chi connectivity index (χ2v) is 7.07. The fourth-order valence-electron chi connectivity index (χ4n) is 1.61. The minimum atomic E-state index is -3.87. The van der Waals surface area contributed by atoms with Gasteiger partial charge in [0, 0.05) is 10.0 Å². The van der Waals surface area contributed by atoms with Crippen LogP contribution < -0.4 is 10.5 Å². The van der Waals surface area contributed by atoms with Crippen LogP contribution in [-0.4, -0.2) is 13.4 Å². The van der Waals surface area contributed by atoms with Gasteiger partial charge in [-0.2, -0.15) is 0 Å². The summed E-state index contributed by atoms with van der Waals surface area (Å²) in [7, 11) is -3.87. The largest absolute Gasteiger partial charge is 0.389 e. The number of benzene rings is 2. The van der Waals surface area contributed by atoms with Crippen LogP contribution in [0.1, 0.15) is 5.56 Å². The monoisotopic (exact) mass is 388 g/mol. The first kappa shape index (κ1) is 15.9. The molecule has 3 N–H and O–H groups in total. The van der Waals surface area contributed by atoms with Crippen LogP contribution in [-0.2, 0) is 10.0 Å². The molecule has 0 spiro atoms. The average Bonchev–Trinajstić information content (AvgIpc) is 2.41. The van der Waals surface area contributed by atoms with E-state index >= 15 is 0 Å². The molecule has 0 fully saturated rings. The van der Waals surface area contributed by atoms with Crippen LogP contribution in [0.25, 0.3) is 0 Å². The molecule has 0 saturated heterocycles. The van der Waals surface area contributed by atoms with Crippen LogP contribution in [0.5, 0.6) is 0 Å². The van der Waals surface area contributed by atoms with Crippen LogP contribution in [0.3, 0.4) is 0 Å². The van der Waals surface area contributed by atoms with E-state index in [2.05, 4.69) is 20.7 Å². The molecule has 0 aromatic heterocycles. The summed E-state index contributed by atoms with van der Waals surface area (Å²) in [6.45, 7) is 0. The van der Waals surface area contributed by atoms with E-state index in [-0.39, 0.29) is 15.4 Å². The van der Waals surface area contributed by atoms with E-state index in [1.165, 1.54) is 0 Å². The third kappa shape index (κ3) is 3.58. The number of rotatable bonds is 4. The summed E-state index contributed by atoms with van der Waals surface area (Å²) >= 11 is 7.94. The van der Waals surface area contributed by atoms with E-state index in [9.17, 15) is 12.8 Å². The molecule has 0 heterocycles. The van der Waals surface area contributed by atoms with Crippen LogP contribution in [0.2, 0.25) is 0 Å². The molecule has 4 nitrogen and oxygen atoms in total. The maximum absolute atomic E-state index is 13.5. The van der Waals surface area contributed by atoms with E-state index in [0.717, 1.165) is 18.2 Å². The van der Waals surface area contributed by atoms with E-state index in [0.29, 0.717) is 10.2 Å². The minimum Gasteiger partial charge on any atom is -0.389 e. The van der Waals surface area contributed by atoms with Gasteiger partial charge in [-0.05, 0) is 46.3 Å². The fraction of sp³-hybridized carbons (Fsp3) is 0. The molecule has 0 aliphatic rings. The first-order valence-corrected chi connectivity index (χ1v) is 8.36. The van der Waals surface area contributed by atoms with Crippen LogP contribution in [0.15, 0.2) is 51.8 Å². The first-order valence-electron chi connectivity index (χ1n) is 5.68. The van der Waals surface area contributed by atoms with Crippen molar-refractivity contribution in [1.29, 1.82) is 0 Å². The Bertz CT molecular complexity index is 810. The highest BCUT2D eigenvalue weighted by Crippen LogP contribution is 2.25. The van der Waals surface area contributed by atoms with Crippen molar-refractivity contribution in [2.24, 2.45) is 5.73 Å². The molecular weight excluding hydrogens is 379 g/mol. The standard InChI is InChI=1S/C13H10BrFN2O2S2/c14-10-3-1-2-4-12(10)17-21(18,19)8-5-6-11(15)9(7-8)13(16)20/h1-7,17H,(H2,16,20). The Balaban J connectivity index is 2.43. The SMILES string of the molecule is NC(=S)c1cc(S(=O)(=O)Nc2ccccc2Br)ccc1F. The lowest BCUT2D eigenvalue weighted by atomic mass is 10.2. The van der Waals surface area contributed by atoms with Gasteiger partial charge in [-0.25, -0.2) is 12.8 Å². The predicted octanol–water partition coefficient (Wildman–Crippen LogP) is 3.02. The number of hydrogen-bond donors (Lipinski definition) is 2. The van der Waals surface area contributed by atoms with Gasteiger partial charge >= 0.3 is 0 Å². The molecule has 21 heavy (non-hydrogen) atoms. The summed E-state index contributed by atoms with van der Waals surface area (Å²) in [6.07, 6.45) is 0. The quantitative estimate of drug-likeness (QED) is 0.789. The summed E-state index contributed by atoms with van der Waals surface area (Å²) in [4.78, 5) is -0.326. The Kier molecular flexibility index (Phi) is 4.60. The molecular formula is C13H10BrFN2O2S2. The average molecular weight is 389 g/mol. The molecule has 2 aromatic carbocycles. The molecule has 110 valence electrons. The summed E-state index contributed by atoms with van der Waals surface area (Å²) in [5.41, 5.74) is 5.63. The highest BCUT2D eigenvalue weighted by Gasteiger charge is 2.18. The second kappa shape index (κ2) is 6.08. The van der Waals surface area contributed by atoms with Crippen LogP contribution in [0, 0.1) is 5.82 Å². The topological polar surface area (TPSA) is 72.2 Å². The molecule has 0 aliphatic carbocycles. The number of nitrogens with two attached hydrogens (primary N) is 1. The molecule has 0 unspecified atom stereocenters. The van der Waals surface area contributed by atoms with Gasteiger partial charge in [-0.3, -0.25) is 4.72 Å². The van der Waals surface area contributed by atoms with Crippen molar-refractivity contribution < 1.29 is 12.8 Å². The lowest BCUT2D eigenvalue weighted by molar-refractivity contribution is 0.599. The smallest absolute Gasteiger partial charge is 0.261 e. The zero-order valence-electron chi connectivity index (χ0n) is 10.5. The lowest BCUT2D eigenvalue weighted by Gasteiger charge is -2.11. The zero-order chi connectivity index (χ0) is 15.6. The van der Waals surface area contributed by atoms with Gasteiger partial charge in [0.05, 0.1) is 10.6 Å². The number of halogens is 2. The summed E-state index contributed by atoms with van der Waals surface area (Å²) in [5, 5.41) is 0. The third-order valence-corrected chi connectivity index (χ3v) is 4.91. The van der Waals surface area contributed by atoms with Crippen molar-refractivity contribution in [2.45, 2.75) is 4.90 Å². The lowest BCUT2D eigenvalue weighted by Crippen LogP contribution is -2.16. The van der Waals surface area contributed by atoms with Crippen LogP contribution in [0.4, 0.5) is 10.1 Å². The van der Waals surface area contributed by atoms with E-state index < -0.39 is 15.8 Å². The molecule has 0 amide bonds. The van der Waals surface area contributed by atoms with Gasteiger partial charge in [0.2, 0.25) is 0 Å². The van der Waals surface area contributed by atoms with Crippen molar-refractivity contribution in [3.8, 4) is 0 Å². The maximum atomic E-state index is 13.5. The first-order chi connectivity index (χ1) is 9.81. The number of para-hydroxylation sites is 1. The Morgan fingerprint density at radius 3 is 2.52 bits per heavy atom. The van der Waals surface area contributed by atoms with Gasteiger partial charge < -0.3 is 5.73 Å². The van der Waals surface area contributed by atoms with Gasteiger partial charge in [-0.15, -0.1) is 0 Å². The summed E-state index contributed by atoms with van der Waals surface area (Å²) < 4.78 is 41.1. The number of hydrogen-bond acceptors (Lipinski definition) is 3. The van der Waals surface area contributed by atoms with E-state index in [1.54, 1.807) is 24.3 Å². The van der Waals surface area contributed by atoms with Gasteiger partial charge in [-0.1, -0.05) is 24.4 Å².